The molecule has 2 rings (SSSR count). The number of halogens is 1. The SMILES string of the molecule is CC(=O)c1c(F)cccc1N1CCC(C(=O)O)CC1. The van der Waals surface area contributed by atoms with Crippen molar-refractivity contribution in [2.45, 2.75) is 19.8 Å². The van der Waals surface area contributed by atoms with Crippen molar-refractivity contribution < 1.29 is 19.1 Å². The fraction of sp³-hybridized carbons (Fsp3) is 0.429. The quantitative estimate of drug-likeness (QED) is 0.852. The van der Waals surface area contributed by atoms with E-state index >= 15 is 0 Å². The molecule has 0 saturated carbocycles. The number of aliphatic carboxylic acids is 1. The minimum Gasteiger partial charge on any atom is -0.481 e. The summed E-state index contributed by atoms with van der Waals surface area (Å²) in [6.45, 7) is 2.40. The number of nitrogens with zero attached hydrogens (tertiary/aromatic N) is 1. The zero-order valence-electron chi connectivity index (χ0n) is 10.7. The second-order valence-electron chi connectivity index (χ2n) is 4.79. The van der Waals surface area contributed by atoms with Crippen LogP contribution in [0, 0.1) is 11.7 Å². The van der Waals surface area contributed by atoms with Crippen LogP contribution in [0.1, 0.15) is 30.1 Å². The van der Waals surface area contributed by atoms with Crippen LogP contribution in [0.3, 0.4) is 0 Å². The predicted molar refractivity (Wildman–Crippen MR) is 69.0 cm³/mol. The number of Topliss-reactive ketones (excluding diaryl/α,β-unsaturated/α-hetero) is 1. The first-order valence-electron chi connectivity index (χ1n) is 6.28. The predicted octanol–water partition coefficient (Wildman–Crippen LogP) is 2.33. The Morgan fingerprint density at radius 3 is 2.47 bits per heavy atom. The molecule has 1 aromatic rings. The fourth-order valence-corrected chi connectivity index (χ4v) is 2.49. The molecule has 0 spiro atoms. The van der Waals surface area contributed by atoms with Crippen molar-refractivity contribution in [3.63, 3.8) is 0 Å². The molecule has 1 saturated heterocycles. The van der Waals surface area contributed by atoms with Gasteiger partial charge in [-0.2, -0.15) is 0 Å². The van der Waals surface area contributed by atoms with Crippen molar-refractivity contribution in [1.82, 2.24) is 0 Å². The lowest BCUT2D eigenvalue weighted by Crippen LogP contribution is -2.37. The Morgan fingerprint density at radius 1 is 1.32 bits per heavy atom. The summed E-state index contributed by atoms with van der Waals surface area (Å²) in [5, 5.41) is 8.95. The van der Waals surface area contributed by atoms with Gasteiger partial charge >= 0.3 is 5.97 Å². The van der Waals surface area contributed by atoms with E-state index in [0.29, 0.717) is 31.6 Å². The van der Waals surface area contributed by atoms with Crippen LogP contribution in [0.2, 0.25) is 0 Å². The highest BCUT2D eigenvalue weighted by atomic mass is 19.1. The smallest absolute Gasteiger partial charge is 0.306 e. The van der Waals surface area contributed by atoms with Crippen LogP contribution >= 0.6 is 0 Å². The highest BCUT2D eigenvalue weighted by Gasteiger charge is 2.26. The normalized spacial score (nSPS) is 16.4. The third-order valence-corrected chi connectivity index (χ3v) is 3.53. The molecule has 0 amide bonds. The molecule has 0 atom stereocenters. The molecule has 1 N–H and O–H groups in total. The van der Waals surface area contributed by atoms with E-state index in [1.165, 1.54) is 13.0 Å². The Kier molecular flexibility index (Phi) is 3.83. The van der Waals surface area contributed by atoms with Gasteiger partial charge in [-0.15, -0.1) is 0 Å². The summed E-state index contributed by atoms with van der Waals surface area (Å²) < 4.78 is 13.7. The number of carboxylic acid groups (broad SMARTS) is 1. The lowest BCUT2D eigenvalue weighted by Gasteiger charge is -2.33. The summed E-state index contributed by atoms with van der Waals surface area (Å²) in [6, 6.07) is 4.55. The van der Waals surface area contributed by atoms with Crippen LogP contribution in [0.25, 0.3) is 0 Å². The molecule has 1 aromatic carbocycles. The van der Waals surface area contributed by atoms with Crippen LogP contribution in [-0.2, 0) is 4.79 Å². The van der Waals surface area contributed by atoms with Gasteiger partial charge in [-0.05, 0) is 31.9 Å². The van der Waals surface area contributed by atoms with Crippen molar-refractivity contribution in [3.05, 3.63) is 29.6 Å². The average molecular weight is 265 g/mol. The Morgan fingerprint density at radius 2 is 1.95 bits per heavy atom. The van der Waals surface area contributed by atoms with E-state index in [2.05, 4.69) is 0 Å². The van der Waals surface area contributed by atoms with Crippen molar-refractivity contribution >= 4 is 17.4 Å². The third-order valence-electron chi connectivity index (χ3n) is 3.53. The van der Waals surface area contributed by atoms with E-state index in [1.54, 1.807) is 12.1 Å². The molecule has 5 heteroatoms. The van der Waals surface area contributed by atoms with Gasteiger partial charge < -0.3 is 10.0 Å². The minimum absolute atomic E-state index is 0.0938. The molecule has 0 radical (unpaired) electrons. The molecule has 0 aliphatic carbocycles. The lowest BCUT2D eigenvalue weighted by molar-refractivity contribution is -0.142. The summed E-state index contributed by atoms with van der Waals surface area (Å²) in [7, 11) is 0. The van der Waals surface area contributed by atoms with E-state index < -0.39 is 11.8 Å². The van der Waals surface area contributed by atoms with Gasteiger partial charge in [0.1, 0.15) is 5.82 Å². The summed E-state index contributed by atoms with van der Waals surface area (Å²) in [4.78, 5) is 24.3. The third kappa shape index (κ3) is 2.75. The summed E-state index contributed by atoms with van der Waals surface area (Å²) in [6.07, 6.45) is 1.03. The topological polar surface area (TPSA) is 57.6 Å². The molecule has 0 aromatic heterocycles. The lowest BCUT2D eigenvalue weighted by atomic mass is 9.95. The Labute approximate surface area is 110 Å². The number of hydrogen-bond acceptors (Lipinski definition) is 3. The maximum absolute atomic E-state index is 13.7. The molecule has 0 unspecified atom stereocenters. The van der Waals surface area contributed by atoms with Crippen LogP contribution in [-0.4, -0.2) is 29.9 Å². The average Bonchev–Trinajstić information content (AvgIpc) is 2.38. The number of benzene rings is 1. The first kappa shape index (κ1) is 13.5. The summed E-state index contributed by atoms with van der Waals surface area (Å²) >= 11 is 0. The molecule has 0 bridgehead atoms. The second kappa shape index (κ2) is 5.38. The molecular formula is C14H16FNO3. The molecule has 4 nitrogen and oxygen atoms in total. The Balaban J connectivity index is 2.22. The number of rotatable bonds is 3. The maximum Gasteiger partial charge on any atom is 0.306 e. The summed E-state index contributed by atoms with van der Waals surface area (Å²) in [5.74, 6) is -1.96. The highest BCUT2D eigenvalue weighted by molar-refractivity contribution is 6.00. The van der Waals surface area contributed by atoms with Crippen molar-refractivity contribution in [2.24, 2.45) is 5.92 Å². The maximum atomic E-state index is 13.7. The van der Waals surface area contributed by atoms with Gasteiger partial charge in [0.25, 0.3) is 0 Å². The molecule has 1 aliphatic rings. The standard InChI is InChI=1S/C14H16FNO3/c1-9(17)13-11(15)3-2-4-12(13)16-7-5-10(6-8-16)14(18)19/h2-4,10H,5-8H2,1H3,(H,18,19). The summed E-state index contributed by atoms with van der Waals surface area (Å²) in [5.41, 5.74) is 0.660. The number of carboxylic acids is 1. The number of anilines is 1. The highest BCUT2D eigenvalue weighted by Crippen LogP contribution is 2.28. The number of carbonyl (C=O) groups is 2. The molecule has 19 heavy (non-hydrogen) atoms. The molecule has 102 valence electrons. The number of ketones is 1. The van der Waals surface area contributed by atoms with Gasteiger partial charge in [0.05, 0.1) is 17.2 Å². The monoisotopic (exact) mass is 265 g/mol. The van der Waals surface area contributed by atoms with Crippen LogP contribution in [0.15, 0.2) is 18.2 Å². The van der Waals surface area contributed by atoms with Gasteiger partial charge in [0.2, 0.25) is 0 Å². The van der Waals surface area contributed by atoms with Gasteiger partial charge in [-0.3, -0.25) is 9.59 Å². The van der Waals surface area contributed by atoms with Crippen LogP contribution in [0.5, 0.6) is 0 Å². The second-order valence-corrected chi connectivity index (χ2v) is 4.79. The van der Waals surface area contributed by atoms with Gasteiger partial charge in [-0.25, -0.2) is 4.39 Å². The largest absolute Gasteiger partial charge is 0.481 e. The molecule has 1 fully saturated rings. The van der Waals surface area contributed by atoms with Gasteiger partial charge in [0.15, 0.2) is 5.78 Å². The fourth-order valence-electron chi connectivity index (χ4n) is 2.49. The first-order chi connectivity index (χ1) is 9.00. The van der Waals surface area contributed by atoms with E-state index in [9.17, 15) is 14.0 Å². The van der Waals surface area contributed by atoms with E-state index in [-0.39, 0.29) is 17.3 Å². The zero-order valence-corrected chi connectivity index (χ0v) is 10.7. The van der Waals surface area contributed by atoms with Gasteiger partial charge in [0, 0.05) is 13.1 Å². The molecule has 1 aliphatic heterocycles. The van der Waals surface area contributed by atoms with E-state index in [4.69, 9.17) is 5.11 Å². The Hall–Kier alpha value is -1.91. The Bertz CT molecular complexity index is 507. The van der Waals surface area contributed by atoms with Crippen molar-refractivity contribution in [1.29, 1.82) is 0 Å². The van der Waals surface area contributed by atoms with E-state index in [0.717, 1.165) is 0 Å². The van der Waals surface area contributed by atoms with E-state index in [1.807, 2.05) is 4.90 Å². The van der Waals surface area contributed by atoms with Crippen LogP contribution in [0.4, 0.5) is 10.1 Å². The molecular weight excluding hydrogens is 249 g/mol. The van der Waals surface area contributed by atoms with Crippen LogP contribution < -0.4 is 4.90 Å². The van der Waals surface area contributed by atoms with Crippen molar-refractivity contribution in [2.75, 3.05) is 18.0 Å². The van der Waals surface area contributed by atoms with Gasteiger partial charge in [-0.1, -0.05) is 6.07 Å². The number of carbonyl (C=O) groups excluding carboxylic acids is 1. The molecule has 1 heterocycles. The number of piperidine rings is 1. The van der Waals surface area contributed by atoms with Crippen molar-refractivity contribution in [3.8, 4) is 0 Å². The minimum atomic E-state index is -0.786. The first-order valence-corrected chi connectivity index (χ1v) is 6.28. The number of hydrogen-bond donors (Lipinski definition) is 1. The zero-order chi connectivity index (χ0) is 14.0.